The molecule has 14 heavy (non-hydrogen) atoms. The van der Waals surface area contributed by atoms with Crippen molar-refractivity contribution in [2.45, 2.75) is 64.6 Å². The van der Waals surface area contributed by atoms with Crippen LogP contribution < -0.4 is 0 Å². The van der Waals surface area contributed by atoms with Crippen molar-refractivity contribution in [2.24, 2.45) is 5.16 Å². The Labute approximate surface area is 86.1 Å². The minimum absolute atomic E-state index is 0.373. The second kappa shape index (κ2) is 6.02. The van der Waals surface area contributed by atoms with Gasteiger partial charge in [-0.1, -0.05) is 18.5 Å². The Hall–Kier alpha value is -0.570. The van der Waals surface area contributed by atoms with Gasteiger partial charge in [-0.3, -0.25) is 0 Å². The topological polar surface area (TPSA) is 41.8 Å². The highest BCUT2D eigenvalue weighted by atomic mass is 16.5. The third-order valence-corrected chi connectivity index (χ3v) is 2.77. The number of oxime groups is 1. The summed E-state index contributed by atoms with van der Waals surface area (Å²) >= 11 is 0. The van der Waals surface area contributed by atoms with Gasteiger partial charge >= 0.3 is 0 Å². The van der Waals surface area contributed by atoms with E-state index in [1.807, 2.05) is 0 Å². The molecule has 0 bridgehead atoms. The van der Waals surface area contributed by atoms with E-state index in [-0.39, 0.29) is 0 Å². The number of hydrogen-bond donors (Lipinski definition) is 1. The van der Waals surface area contributed by atoms with E-state index in [2.05, 4.69) is 19.0 Å². The van der Waals surface area contributed by atoms with Crippen molar-refractivity contribution in [1.29, 1.82) is 0 Å². The molecule has 82 valence electrons. The zero-order valence-corrected chi connectivity index (χ0v) is 9.20. The summed E-state index contributed by atoms with van der Waals surface area (Å²) in [5, 5.41) is 11.8. The normalized spacial score (nSPS) is 24.7. The predicted molar refractivity (Wildman–Crippen MR) is 56.9 cm³/mol. The predicted octanol–water partition coefficient (Wildman–Crippen LogP) is 2.96. The molecule has 0 radical (unpaired) electrons. The SMILES string of the molecule is CCCC(C)OC1CCC(=NO)CC1. The Balaban J connectivity index is 2.21. The van der Waals surface area contributed by atoms with Crippen LogP contribution in [0.5, 0.6) is 0 Å². The molecule has 1 rings (SSSR count). The van der Waals surface area contributed by atoms with E-state index >= 15 is 0 Å². The molecular weight excluding hydrogens is 178 g/mol. The zero-order chi connectivity index (χ0) is 10.4. The van der Waals surface area contributed by atoms with E-state index in [1.54, 1.807) is 0 Å². The van der Waals surface area contributed by atoms with Crippen molar-refractivity contribution in [3.05, 3.63) is 0 Å². The second-order valence-electron chi connectivity index (χ2n) is 4.10. The molecule has 1 fully saturated rings. The van der Waals surface area contributed by atoms with Crippen LogP contribution >= 0.6 is 0 Å². The first kappa shape index (κ1) is 11.5. The molecule has 0 aromatic heterocycles. The molecule has 0 aromatic carbocycles. The van der Waals surface area contributed by atoms with Gasteiger partial charge in [0, 0.05) is 0 Å². The van der Waals surface area contributed by atoms with Crippen LogP contribution in [0.2, 0.25) is 0 Å². The maximum Gasteiger partial charge on any atom is 0.0586 e. The monoisotopic (exact) mass is 199 g/mol. The summed E-state index contributed by atoms with van der Waals surface area (Å²) in [5.41, 5.74) is 0.924. The number of rotatable bonds is 4. The fourth-order valence-corrected chi connectivity index (χ4v) is 1.96. The van der Waals surface area contributed by atoms with E-state index < -0.39 is 0 Å². The van der Waals surface area contributed by atoms with Gasteiger partial charge < -0.3 is 9.94 Å². The standard InChI is InChI=1S/C11H21NO2/c1-3-4-9(2)14-11-7-5-10(12-13)6-8-11/h9,11,13H,3-8H2,1-2H3. The maximum absolute atomic E-state index is 8.59. The van der Waals surface area contributed by atoms with Gasteiger partial charge in [-0.15, -0.1) is 0 Å². The smallest absolute Gasteiger partial charge is 0.0586 e. The van der Waals surface area contributed by atoms with Crippen LogP contribution in [0, 0.1) is 0 Å². The summed E-state index contributed by atoms with van der Waals surface area (Å²) in [5.74, 6) is 0. The van der Waals surface area contributed by atoms with Crippen LogP contribution in [0.15, 0.2) is 5.16 Å². The summed E-state index contributed by atoms with van der Waals surface area (Å²) < 4.78 is 5.89. The molecule has 1 atom stereocenters. The van der Waals surface area contributed by atoms with Crippen molar-refractivity contribution >= 4 is 5.71 Å². The third-order valence-electron chi connectivity index (χ3n) is 2.77. The Kier molecular flexibility index (Phi) is 4.94. The van der Waals surface area contributed by atoms with Crippen LogP contribution in [-0.2, 0) is 4.74 Å². The second-order valence-corrected chi connectivity index (χ2v) is 4.10. The lowest BCUT2D eigenvalue weighted by molar-refractivity contribution is -0.0161. The first-order chi connectivity index (χ1) is 6.76. The molecule has 0 amide bonds. The molecule has 0 spiro atoms. The lowest BCUT2D eigenvalue weighted by Gasteiger charge is -2.26. The number of hydrogen-bond acceptors (Lipinski definition) is 3. The molecule has 3 heteroatoms. The molecular formula is C11H21NO2. The van der Waals surface area contributed by atoms with E-state index in [0.29, 0.717) is 12.2 Å². The van der Waals surface area contributed by atoms with Gasteiger partial charge in [0.2, 0.25) is 0 Å². The molecule has 1 N–H and O–H groups in total. The third kappa shape index (κ3) is 3.66. The molecule has 0 heterocycles. The summed E-state index contributed by atoms with van der Waals surface area (Å²) in [4.78, 5) is 0. The molecule has 0 aliphatic heterocycles. The molecule has 1 aliphatic rings. The summed E-state index contributed by atoms with van der Waals surface area (Å²) in [6.45, 7) is 4.32. The van der Waals surface area contributed by atoms with Gasteiger partial charge in [0.25, 0.3) is 0 Å². The highest BCUT2D eigenvalue weighted by molar-refractivity contribution is 5.84. The Bertz CT molecular complexity index is 182. The molecule has 1 unspecified atom stereocenters. The Morgan fingerprint density at radius 2 is 2.14 bits per heavy atom. The maximum atomic E-state index is 8.59. The van der Waals surface area contributed by atoms with Gasteiger partial charge in [-0.25, -0.2) is 0 Å². The highest BCUT2D eigenvalue weighted by Crippen LogP contribution is 2.21. The van der Waals surface area contributed by atoms with Crippen molar-refractivity contribution in [3.63, 3.8) is 0 Å². The molecule has 1 saturated carbocycles. The van der Waals surface area contributed by atoms with Crippen molar-refractivity contribution in [3.8, 4) is 0 Å². The number of ether oxygens (including phenoxy) is 1. The van der Waals surface area contributed by atoms with E-state index in [4.69, 9.17) is 9.94 Å². The fourth-order valence-electron chi connectivity index (χ4n) is 1.96. The zero-order valence-electron chi connectivity index (χ0n) is 9.20. The molecule has 1 aliphatic carbocycles. The highest BCUT2D eigenvalue weighted by Gasteiger charge is 2.19. The first-order valence-corrected chi connectivity index (χ1v) is 5.61. The summed E-state index contributed by atoms with van der Waals surface area (Å²) in [6.07, 6.45) is 6.86. The first-order valence-electron chi connectivity index (χ1n) is 5.61. The van der Waals surface area contributed by atoms with E-state index in [9.17, 15) is 0 Å². The Morgan fingerprint density at radius 1 is 1.50 bits per heavy atom. The lowest BCUT2D eigenvalue weighted by Crippen LogP contribution is -2.25. The van der Waals surface area contributed by atoms with Crippen molar-refractivity contribution < 1.29 is 9.94 Å². The lowest BCUT2D eigenvalue weighted by atomic mass is 9.95. The van der Waals surface area contributed by atoms with Gasteiger partial charge in [0.05, 0.1) is 17.9 Å². The van der Waals surface area contributed by atoms with E-state index in [0.717, 1.165) is 37.8 Å². The molecule has 0 saturated heterocycles. The quantitative estimate of drug-likeness (QED) is 0.558. The Morgan fingerprint density at radius 3 is 2.64 bits per heavy atom. The number of nitrogens with zero attached hydrogens (tertiary/aromatic N) is 1. The minimum atomic E-state index is 0.373. The summed E-state index contributed by atoms with van der Waals surface area (Å²) in [7, 11) is 0. The van der Waals surface area contributed by atoms with Crippen LogP contribution in [-0.4, -0.2) is 23.1 Å². The average molecular weight is 199 g/mol. The van der Waals surface area contributed by atoms with Crippen molar-refractivity contribution in [1.82, 2.24) is 0 Å². The molecule has 3 nitrogen and oxygen atoms in total. The van der Waals surface area contributed by atoms with Crippen LogP contribution in [0.25, 0.3) is 0 Å². The van der Waals surface area contributed by atoms with Crippen LogP contribution in [0.4, 0.5) is 0 Å². The van der Waals surface area contributed by atoms with Crippen LogP contribution in [0.3, 0.4) is 0 Å². The van der Waals surface area contributed by atoms with Gasteiger partial charge in [0.15, 0.2) is 0 Å². The van der Waals surface area contributed by atoms with Gasteiger partial charge in [-0.05, 0) is 39.0 Å². The van der Waals surface area contributed by atoms with Gasteiger partial charge in [-0.2, -0.15) is 0 Å². The minimum Gasteiger partial charge on any atom is -0.411 e. The van der Waals surface area contributed by atoms with Crippen molar-refractivity contribution in [2.75, 3.05) is 0 Å². The largest absolute Gasteiger partial charge is 0.411 e. The summed E-state index contributed by atoms with van der Waals surface area (Å²) in [6, 6.07) is 0. The van der Waals surface area contributed by atoms with E-state index in [1.165, 1.54) is 6.42 Å². The fraction of sp³-hybridized carbons (Fsp3) is 0.909. The molecule has 0 aromatic rings. The van der Waals surface area contributed by atoms with Crippen LogP contribution in [0.1, 0.15) is 52.4 Å². The average Bonchev–Trinajstić information content (AvgIpc) is 2.19. The van der Waals surface area contributed by atoms with Gasteiger partial charge in [0.1, 0.15) is 0 Å².